The Kier molecular flexibility index (Phi) is 7.68. The van der Waals surface area contributed by atoms with Crippen LogP contribution in [0.1, 0.15) is 33.3 Å². The Morgan fingerprint density at radius 1 is 1.10 bits per heavy atom. The summed E-state index contributed by atoms with van der Waals surface area (Å²) in [5, 5.41) is 0.477. The maximum absolute atomic E-state index is 12.5. The van der Waals surface area contributed by atoms with Crippen molar-refractivity contribution in [3.63, 3.8) is 0 Å². The Hall–Kier alpha value is -2.09. The first-order valence-electron chi connectivity index (χ1n) is 9.26. The van der Waals surface area contributed by atoms with Crippen LogP contribution in [0.15, 0.2) is 53.4 Å². The zero-order chi connectivity index (χ0) is 21.7. The van der Waals surface area contributed by atoms with Gasteiger partial charge in [0.15, 0.2) is 5.60 Å². The van der Waals surface area contributed by atoms with Crippen LogP contribution in [0, 0.1) is 0 Å². The molecule has 0 fully saturated rings. The lowest BCUT2D eigenvalue weighted by atomic mass is 10.1. The molecular formula is C21H26ClNO5S. The van der Waals surface area contributed by atoms with E-state index < -0.39 is 21.6 Å². The minimum absolute atomic E-state index is 0.165. The van der Waals surface area contributed by atoms with Gasteiger partial charge in [0.2, 0.25) is 10.0 Å². The van der Waals surface area contributed by atoms with E-state index in [4.69, 9.17) is 21.1 Å². The minimum Gasteiger partial charge on any atom is -0.476 e. The second-order valence-electron chi connectivity index (χ2n) is 7.16. The van der Waals surface area contributed by atoms with Crippen LogP contribution in [0.2, 0.25) is 5.02 Å². The van der Waals surface area contributed by atoms with Gasteiger partial charge < -0.3 is 9.47 Å². The third-order valence-electron chi connectivity index (χ3n) is 4.09. The van der Waals surface area contributed by atoms with E-state index in [-0.39, 0.29) is 17.5 Å². The smallest absolute Gasteiger partial charge is 0.349 e. The molecule has 1 unspecified atom stereocenters. The van der Waals surface area contributed by atoms with Crippen molar-refractivity contribution in [2.45, 2.75) is 50.7 Å². The van der Waals surface area contributed by atoms with Crippen LogP contribution in [0.25, 0.3) is 0 Å². The molecule has 0 aliphatic carbocycles. The molecule has 158 valence electrons. The highest BCUT2D eigenvalue weighted by atomic mass is 35.5. The fourth-order valence-corrected chi connectivity index (χ4v) is 4.05. The van der Waals surface area contributed by atoms with Gasteiger partial charge in [-0.05, 0) is 76.1 Å². The molecule has 1 atom stereocenters. The lowest BCUT2D eigenvalue weighted by molar-refractivity contribution is -0.158. The molecule has 0 heterocycles. The summed E-state index contributed by atoms with van der Waals surface area (Å²) in [4.78, 5) is 12.1. The van der Waals surface area contributed by atoms with Gasteiger partial charge in [0.05, 0.1) is 11.5 Å². The maximum Gasteiger partial charge on any atom is 0.349 e. The lowest BCUT2D eigenvalue weighted by Gasteiger charge is -2.24. The van der Waals surface area contributed by atoms with Gasteiger partial charge in [-0.2, -0.15) is 0 Å². The van der Waals surface area contributed by atoms with E-state index in [1.807, 2.05) is 12.1 Å². The zero-order valence-corrected chi connectivity index (χ0v) is 18.5. The average Bonchev–Trinajstić information content (AvgIpc) is 2.63. The third kappa shape index (κ3) is 6.73. The van der Waals surface area contributed by atoms with E-state index in [2.05, 4.69) is 4.72 Å². The van der Waals surface area contributed by atoms with Gasteiger partial charge in [-0.15, -0.1) is 0 Å². The largest absolute Gasteiger partial charge is 0.476 e. The van der Waals surface area contributed by atoms with E-state index >= 15 is 0 Å². The molecule has 0 aliphatic heterocycles. The van der Waals surface area contributed by atoms with Gasteiger partial charge in [0.1, 0.15) is 5.75 Å². The molecule has 0 amide bonds. The molecule has 0 radical (unpaired) electrons. The molecule has 1 N–H and O–H groups in total. The number of hydrogen-bond donors (Lipinski definition) is 1. The van der Waals surface area contributed by atoms with Gasteiger partial charge in [0, 0.05) is 11.1 Å². The summed E-state index contributed by atoms with van der Waals surface area (Å²) in [6.45, 7) is 7.11. The summed E-state index contributed by atoms with van der Waals surface area (Å²) in [5.74, 6) is 0.0931. The Balaban J connectivity index is 1.98. The number of rotatable bonds is 9. The number of carbonyl (C=O) groups excluding carboxylic acids is 1. The van der Waals surface area contributed by atoms with E-state index in [1.165, 1.54) is 24.3 Å². The van der Waals surface area contributed by atoms with Crippen molar-refractivity contribution in [1.29, 1.82) is 0 Å². The summed E-state index contributed by atoms with van der Waals surface area (Å²) in [7, 11) is -3.63. The van der Waals surface area contributed by atoms with Crippen molar-refractivity contribution in [1.82, 2.24) is 4.72 Å². The predicted octanol–water partition coefficient (Wildman–Crippen LogP) is 3.97. The fraction of sp³-hybridized carbons (Fsp3) is 0.381. The summed E-state index contributed by atoms with van der Waals surface area (Å²) >= 11 is 5.81. The number of nitrogens with one attached hydrogen (secondary N) is 1. The predicted molar refractivity (Wildman–Crippen MR) is 113 cm³/mol. The van der Waals surface area contributed by atoms with E-state index in [9.17, 15) is 13.2 Å². The van der Waals surface area contributed by atoms with E-state index in [0.717, 1.165) is 5.56 Å². The standard InChI is InChI=1S/C21H26ClNO5S/c1-5-27-20(24)21(3,4)28-18-10-6-16(7-11-18)14-15(2)23-29(25,26)19-12-8-17(22)9-13-19/h6-13,15,23H,5,14H2,1-4H3. The van der Waals surface area contributed by atoms with Crippen LogP contribution in [-0.2, 0) is 26.0 Å². The number of ether oxygens (including phenoxy) is 2. The van der Waals surface area contributed by atoms with Crippen LogP contribution >= 0.6 is 11.6 Å². The number of benzene rings is 2. The molecule has 29 heavy (non-hydrogen) atoms. The van der Waals surface area contributed by atoms with Crippen molar-refractivity contribution in [3.8, 4) is 5.75 Å². The number of carbonyl (C=O) groups is 1. The molecule has 0 aliphatic rings. The highest BCUT2D eigenvalue weighted by Gasteiger charge is 2.31. The first-order valence-corrected chi connectivity index (χ1v) is 11.1. The highest BCUT2D eigenvalue weighted by Crippen LogP contribution is 2.21. The highest BCUT2D eigenvalue weighted by molar-refractivity contribution is 7.89. The first kappa shape index (κ1) is 23.2. The third-order valence-corrected chi connectivity index (χ3v) is 5.94. The number of hydrogen-bond acceptors (Lipinski definition) is 5. The molecule has 2 rings (SSSR count). The Bertz CT molecular complexity index is 925. The SMILES string of the molecule is CCOC(=O)C(C)(C)Oc1ccc(CC(C)NS(=O)(=O)c2ccc(Cl)cc2)cc1. The van der Waals surface area contributed by atoms with Crippen molar-refractivity contribution in [2.75, 3.05) is 6.61 Å². The van der Waals surface area contributed by atoms with Crippen molar-refractivity contribution in [3.05, 3.63) is 59.1 Å². The number of esters is 1. The molecule has 0 aromatic heterocycles. The fourth-order valence-electron chi connectivity index (χ4n) is 2.68. The van der Waals surface area contributed by atoms with E-state index in [0.29, 0.717) is 17.2 Å². The van der Waals surface area contributed by atoms with Crippen molar-refractivity contribution < 1.29 is 22.7 Å². The van der Waals surface area contributed by atoms with Crippen molar-refractivity contribution >= 4 is 27.6 Å². The molecule has 2 aromatic carbocycles. The van der Waals surface area contributed by atoms with Crippen LogP contribution in [0.5, 0.6) is 5.75 Å². The molecule has 0 saturated heterocycles. The minimum atomic E-state index is -3.63. The van der Waals surface area contributed by atoms with E-state index in [1.54, 1.807) is 39.8 Å². The van der Waals surface area contributed by atoms with Gasteiger partial charge in [-0.25, -0.2) is 17.9 Å². The monoisotopic (exact) mass is 439 g/mol. The van der Waals surface area contributed by atoms with Crippen LogP contribution in [0.4, 0.5) is 0 Å². The number of halogens is 1. The normalized spacial score (nSPS) is 13.0. The molecule has 0 saturated carbocycles. The Morgan fingerprint density at radius 3 is 2.24 bits per heavy atom. The molecule has 0 bridgehead atoms. The Morgan fingerprint density at radius 2 is 1.69 bits per heavy atom. The van der Waals surface area contributed by atoms with Gasteiger partial charge in [0.25, 0.3) is 0 Å². The van der Waals surface area contributed by atoms with Gasteiger partial charge in [-0.1, -0.05) is 23.7 Å². The average molecular weight is 440 g/mol. The lowest BCUT2D eigenvalue weighted by Crippen LogP contribution is -2.39. The first-order chi connectivity index (χ1) is 13.5. The molecule has 6 nitrogen and oxygen atoms in total. The zero-order valence-electron chi connectivity index (χ0n) is 16.9. The molecular weight excluding hydrogens is 414 g/mol. The summed E-state index contributed by atoms with van der Waals surface area (Å²) < 4.78 is 38.3. The second-order valence-corrected chi connectivity index (χ2v) is 9.31. The Labute approximate surface area is 177 Å². The quantitative estimate of drug-likeness (QED) is 0.598. The maximum atomic E-state index is 12.5. The van der Waals surface area contributed by atoms with Crippen LogP contribution in [0.3, 0.4) is 0 Å². The molecule has 0 spiro atoms. The summed E-state index contributed by atoms with van der Waals surface area (Å²) in [6.07, 6.45) is 0.494. The topological polar surface area (TPSA) is 81.7 Å². The van der Waals surface area contributed by atoms with Crippen LogP contribution in [-0.4, -0.2) is 32.6 Å². The van der Waals surface area contributed by atoms with Gasteiger partial charge in [-0.3, -0.25) is 0 Å². The summed E-state index contributed by atoms with van der Waals surface area (Å²) in [6, 6.07) is 12.9. The molecule has 2 aromatic rings. The van der Waals surface area contributed by atoms with Gasteiger partial charge >= 0.3 is 5.97 Å². The summed E-state index contributed by atoms with van der Waals surface area (Å²) in [5.41, 5.74) is -0.170. The van der Waals surface area contributed by atoms with Crippen molar-refractivity contribution in [2.24, 2.45) is 0 Å². The second kappa shape index (κ2) is 9.61. The van der Waals surface area contributed by atoms with Crippen LogP contribution < -0.4 is 9.46 Å². The number of sulfonamides is 1. The molecule has 8 heteroatoms.